The van der Waals surface area contributed by atoms with Crippen LogP contribution in [0.2, 0.25) is 0 Å². The molecule has 1 aliphatic rings. The molecule has 0 aromatic carbocycles. The van der Waals surface area contributed by atoms with Crippen LogP contribution in [0.1, 0.15) is 32.6 Å². The SMILES string of the molecule is CC(O)CCC(=O)N1CCCC1. The van der Waals surface area contributed by atoms with Gasteiger partial charge in [-0.3, -0.25) is 4.79 Å². The van der Waals surface area contributed by atoms with E-state index in [2.05, 4.69) is 0 Å². The van der Waals surface area contributed by atoms with E-state index in [1.165, 1.54) is 0 Å². The molecule has 1 saturated heterocycles. The van der Waals surface area contributed by atoms with Crippen LogP contribution in [0.5, 0.6) is 0 Å². The predicted molar refractivity (Wildman–Crippen MR) is 46.7 cm³/mol. The molecule has 1 heterocycles. The Kier molecular flexibility index (Phi) is 3.53. The van der Waals surface area contributed by atoms with Crippen LogP contribution in [-0.2, 0) is 4.79 Å². The highest BCUT2D eigenvalue weighted by Gasteiger charge is 2.17. The van der Waals surface area contributed by atoms with E-state index in [0.717, 1.165) is 25.9 Å². The molecule has 1 fully saturated rings. The Morgan fingerprint density at radius 1 is 1.50 bits per heavy atom. The Labute approximate surface area is 73.4 Å². The van der Waals surface area contributed by atoms with Gasteiger partial charge in [-0.15, -0.1) is 0 Å². The van der Waals surface area contributed by atoms with Crippen molar-refractivity contribution in [3.63, 3.8) is 0 Å². The van der Waals surface area contributed by atoms with Crippen molar-refractivity contribution in [3.8, 4) is 0 Å². The first-order valence-corrected chi connectivity index (χ1v) is 4.66. The standard InChI is InChI=1S/C9H17NO2/c1-8(11)4-5-9(12)10-6-2-3-7-10/h8,11H,2-7H2,1H3. The van der Waals surface area contributed by atoms with Gasteiger partial charge in [0.05, 0.1) is 6.10 Å². The first-order valence-electron chi connectivity index (χ1n) is 4.66. The van der Waals surface area contributed by atoms with Crippen molar-refractivity contribution in [2.75, 3.05) is 13.1 Å². The van der Waals surface area contributed by atoms with Crippen molar-refractivity contribution < 1.29 is 9.90 Å². The molecule has 1 rings (SSSR count). The lowest BCUT2D eigenvalue weighted by Gasteiger charge is -2.15. The predicted octanol–water partition coefficient (Wildman–Crippen LogP) is 0.770. The second-order valence-corrected chi connectivity index (χ2v) is 3.48. The Hall–Kier alpha value is -0.570. The van der Waals surface area contributed by atoms with Crippen LogP contribution >= 0.6 is 0 Å². The van der Waals surface area contributed by atoms with E-state index in [4.69, 9.17) is 5.11 Å². The maximum atomic E-state index is 11.4. The van der Waals surface area contributed by atoms with Crippen LogP contribution in [0.3, 0.4) is 0 Å². The maximum absolute atomic E-state index is 11.4. The molecule has 0 saturated carbocycles. The monoisotopic (exact) mass is 171 g/mol. The number of carbonyl (C=O) groups excluding carboxylic acids is 1. The fourth-order valence-corrected chi connectivity index (χ4v) is 1.46. The van der Waals surface area contributed by atoms with Gasteiger partial charge < -0.3 is 10.0 Å². The number of aliphatic hydroxyl groups excluding tert-OH is 1. The van der Waals surface area contributed by atoms with E-state index >= 15 is 0 Å². The number of hydrogen-bond acceptors (Lipinski definition) is 2. The summed E-state index contributed by atoms with van der Waals surface area (Å²) in [6, 6.07) is 0. The van der Waals surface area contributed by atoms with E-state index < -0.39 is 0 Å². The summed E-state index contributed by atoms with van der Waals surface area (Å²) in [6.07, 6.45) is 3.02. The maximum Gasteiger partial charge on any atom is 0.222 e. The van der Waals surface area contributed by atoms with Crippen molar-refractivity contribution in [2.24, 2.45) is 0 Å². The van der Waals surface area contributed by atoms with Crippen molar-refractivity contribution in [1.29, 1.82) is 0 Å². The Balaban J connectivity index is 2.18. The van der Waals surface area contributed by atoms with Crippen molar-refractivity contribution in [1.82, 2.24) is 4.90 Å². The molecule has 1 aliphatic heterocycles. The second-order valence-electron chi connectivity index (χ2n) is 3.48. The van der Waals surface area contributed by atoms with Crippen LogP contribution in [-0.4, -0.2) is 35.1 Å². The molecule has 12 heavy (non-hydrogen) atoms. The second kappa shape index (κ2) is 4.45. The number of hydrogen-bond donors (Lipinski definition) is 1. The van der Waals surface area contributed by atoms with Gasteiger partial charge in [0.1, 0.15) is 0 Å². The molecule has 0 bridgehead atoms. The summed E-state index contributed by atoms with van der Waals surface area (Å²) < 4.78 is 0. The average molecular weight is 171 g/mol. The quantitative estimate of drug-likeness (QED) is 0.681. The molecule has 1 unspecified atom stereocenters. The van der Waals surface area contributed by atoms with Crippen molar-refractivity contribution in [2.45, 2.75) is 38.7 Å². The smallest absolute Gasteiger partial charge is 0.222 e. The number of likely N-dealkylation sites (tertiary alicyclic amines) is 1. The van der Waals surface area contributed by atoms with Crippen LogP contribution in [0.25, 0.3) is 0 Å². The molecule has 1 amide bonds. The number of aliphatic hydroxyl groups is 1. The molecule has 3 nitrogen and oxygen atoms in total. The number of rotatable bonds is 3. The minimum absolute atomic E-state index is 0.202. The van der Waals surface area contributed by atoms with Gasteiger partial charge in [0.25, 0.3) is 0 Å². The molecule has 1 atom stereocenters. The Morgan fingerprint density at radius 3 is 2.58 bits per heavy atom. The minimum atomic E-state index is -0.350. The lowest BCUT2D eigenvalue weighted by molar-refractivity contribution is -0.130. The minimum Gasteiger partial charge on any atom is -0.393 e. The molecule has 1 N–H and O–H groups in total. The van der Waals surface area contributed by atoms with Crippen molar-refractivity contribution >= 4 is 5.91 Å². The highest BCUT2D eigenvalue weighted by molar-refractivity contribution is 5.76. The van der Waals surface area contributed by atoms with Crippen LogP contribution < -0.4 is 0 Å². The number of carbonyl (C=O) groups is 1. The normalized spacial score (nSPS) is 19.7. The molecule has 3 heteroatoms. The Morgan fingerprint density at radius 2 is 2.08 bits per heavy atom. The molecule has 0 spiro atoms. The van der Waals surface area contributed by atoms with Gasteiger partial charge in [0, 0.05) is 19.5 Å². The zero-order valence-corrected chi connectivity index (χ0v) is 7.62. The summed E-state index contributed by atoms with van der Waals surface area (Å²) in [5.41, 5.74) is 0. The van der Waals surface area contributed by atoms with Gasteiger partial charge in [0.15, 0.2) is 0 Å². The van der Waals surface area contributed by atoms with Gasteiger partial charge in [-0.05, 0) is 26.2 Å². The van der Waals surface area contributed by atoms with Gasteiger partial charge in [0.2, 0.25) is 5.91 Å². The molecular formula is C9H17NO2. The summed E-state index contributed by atoms with van der Waals surface area (Å²) in [5, 5.41) is 8.97. The highest BCUT2D eigenvalue weighted by atomic mass is 16.3. The summed E-state index contributed by atoms with van der Waals surface area (Å²) in [5.74, 6) is 0.202. The van der Waals surface area contributed by atoms with E-state index in [0.29, 0.717) is 12.8 Å². The van der Waals surface area contributed by atoms with Gasteiger partial charge in [-0.1, -0.05) is 0 Å². The van der Waals surface area contributed by atoms with Crippen LogP contribution in [0.15, 0.2) is 0 Å². The third kappa shape index (κ3) is 2.81. The molecule has 0 aromatic rings. The lowest BCUT2D eigenvalue weighted by Crippen LogP contribution is -2.27. The summed E-state index contributed by atoms with van der Waals surface area (Å²) in [4.78, 5) is 13.3. The van der Waals surface area contributed by atoms with Gasteiger partial charge >= 0.3 is 0 Å². The van der Waals surface area contributed by atoms with Gasteiger partial charge in [-0.25, -0.2) is 0 Å². The third-order valence-electron chi connectivity index (χ3n) is 2.23. The molecular weight excluding hydrogens is 154 g/mol. The summed E-state index contributed by atoms with van der Waals surface area (Å²) >= 11 is 0. The molecule has 0 aromatic heterocycles. The average Bonchev–Trinajstić information content (AvgIpc) is 2.51. The number of nitrogens with zero attached hydrogens (tertiary/aromatic N) is 1. The first-order chi connectivity index (χ1) is 5.70. The van der Waals surface area contributed by atoms with E-state index in [1.807, 2.05) is 4.90 Å². The van der Waals surface area contributed by atoms with E-state index in [9.17, 15) is 4.79 Å². The molecule has 70 valence electrons. The van der Waals surface area contributed by atoms with E-state index in [-0.39, 0.29) is 12.0 Å². The third-order valence-corrected chi connectivity index (χ3v) is 2.23. The van der Waals surface area contributed by atoms with Gasteiger partial charge in [-0.2, -0.15) is 0 Å². The lowest BCUT2D eigenvalue weighted by atomic mass is 10.2. The number of amides is 1. The summed E-state index contributed by atoms with van der Waals surface area (Å²) in [7, 11) is 0. The van der Waals surface area contributed by atoms with Crippen molar-refractivity contribution in [3.05, 3.63) is 0 Å². The topological polar surface area (TPSA) is 40.5 Å². The Bertz CT molecular complexity index is 151. The first kappa shape index (κ1) is 9.52. The van der Waals surface area contributed by atoms with Crippen LogP contribution in [0, 0.1) is 0 Å². The molecule has 0 radical (unpaired) electrons. The zero-order chi connectivity index (χ0) is 8.97. The van der Waals surface area contributed by atoms with E-state index in [1.54, 1.807) is 6.92 Å². The zero-order valence-electron chi connectivity index (χ0n) is 7.62. The fourth-order valence-electron chi connectivity index (χ4n) is 1.46. The van der Waals surface area contributed by atoms with Crippen LogP contribution in [0.4, 0.5) is 0 Å². The fraction of sp³-hybridized carbons (Fsp3) is 0.889. The highest BCUT2D eigenvalue weighted by Crippen LogP contribution is 2.10. The molecule has 0 aliphatic carbocycles. The largest absolute Gasteiger partial charge is 0.393 e. The summed E-state index contributed by atoms with van der Waals surface area (Å²) in [6.45, 7) is 3.55.